The highest BCUT2D eigenvalue weighted by Gasteiger charge is 2.13. The number of pyridine rings is 1. The number of nitrogens with zero attached hydrogens (tertiary/aromatic N) is 1. The molecule has 1 heterocycles. The second-order valence-corrected chi connectivity index (χ2v) is 5.34. The molecule has 2 rings (SSSR count). The van der Waals surface area contributed by atoms with Crippen molar-refractivity contribution in [3.63, 3.8) is 0 Å². The minimum absolute atomic E-state index is 0.191. The largest absolute Gasteiger partial charge is 0.452 e. The number of esters is 1. The normalized spacial score (nSPS) is 10.2. The van der Waals surface area contributed by atoms with Crippen molar-refractivity contribution in [1.82, 2.24) is 4.98 Å². The average Bonchev–Trinajstić information content (AvgIpc) is 2.54. The van der Waals surface area contributed by atoms with E-state index in [9.17, 15) is 9.59 Å². The highest BCUT2D eigenvalue weighted by Crippen LogP contribution is 2.21. The van der Waals surface area contributed by atoms with Gasteiger partial charge in [-0.15, -0.1) is 0 Å². The monoisotopic (exact) mass is 332 g/mol. The molecule has 6 heteroatoms. The Kier molecular flexibility index (Phi) is 5.71. The van der Waals surface area contributed by atoms with Crippen molar-refractivity contribution in [3.8, 4) is 0 Å². The maximum atomic E-state index is 12.0. The third kappa shape index (κ3) is 4.53. The molecular formula is C17H17ClN2O3. The SMILES string of the molecule is CCc1cccc(C)c1NC(=O)COC(=O)c1ccnc(Cl)c1. The number of ether oxygens (including phenoxy) is 1. The van der Waals surface area contributed by atoms with Crippen LogP contribution in [0.2, 0.25) is 5.15 Å². The first kappa shape index (κ1) is 17.0. The van der Waals surface area contributed by atoms with E-state index in [-0.39, 0.29) is 23.2 Å². The fourth-order valence-electron chi connectivity index (χ4n) is 2.12. The van der Waals surface area contributed by atoms with Gasteiger partial charge in [-0.1, -0.05) is 36.7 Å². The van der Waals surface area contributed by atoms with Crippen molar-refractivity contribution in [1.29, 1.82) is 0 Å². The highest BCUT2D eigenvalue weighted by atomic mass is 35.5. The predicted molar refractivity (Wildman–Crippen MR) is 88.7 cm³/mol. The summed E-state index contributed by atoms with van der Waals surface area (Å²) in [5, 5.41) is 2.98. The van der Waals surface area contributed by atoms with Crippen LogP contribution in [0, 0.1) is 6.92 Å². The highest BCUT2D eigenvalue weighted by molar-refractivity contribution is 6.29. The van der Waals surface area contributed by atoms with E-state index >= 15 is 0 Å². The number of carbonyl (C=O) groups excluding carboxylic acids is 2. The zero-order valence-electron chi connectivity index (χ0n) is 12.9. The fourth-order valence-corrected chi connectivity index (χ4v) is 2.30. The molecule has 0 aliphatic heterocycles. The molecule has 1 N–H and O–H groups in total. The number of carbonyl (C=O) groups is 2. The Morgan fingerprint density at radius 2 is 2.09 bits per heavy atom. The molecule has 0 fully saturated rings. The van der Waals surface area contributed by atoms with Crippen LogP contribution in [-0.2, 0) is 16.0 Å². The van der Waals surface area contributed by atoms with Gasteiger partial charge >= 0.3 is 5.97 Å². The second-order valence-electron chi connectivity index (χ2n) is 4.95. The van der Waals surface area contributed by atoms with Gasteiger partial charge < -0.3 is 10.1 Å². The van der Waals surface area contributed by atoms with Crippen LogP contribution in [0.15, 0.2) is 36.5 Å². The van der Waals surface area contributed by atoms with Gasteiger partial charge in [0.1, 0.15) is 5.15 Å². The van der Waals surface area contributed by atoms with E-state index < -0.39 is 5.97 Å². The number of benzene rings is 1. The summed E-state index contributed by atoms with van der Waals surface area (Å²) in [4.78, 5) is 27.6. The molecule has 0 spiro atoms. The third-order valence-electron chi connectivity index (χ3n) is 3.30. The van der Waals surface area contributed by atoms with E-state index in [0.29, 0.717) is 0 Å². The molecule has 120 valence electrons. The molecule has 0 saturated heterocycles. The summed E-state index contributed by atoms with van der Waals surface area (Å²) in [7, 11) is 0. The summed E-state index contributed by atoms with van der Waals surface area (Å²) in [5.74, 6) is -1.01. The van der Waals surface area contributed by atoms with E-state index in [1.165, 1.54) is 18.3 Å². The van der Waals surface area contributed by atoms with Crippen LogP contribution in [0.1, 0.15) is 28.4 Å². The first-order chi connectivity index (χ1) is 11.0. The number of aryl methyl sites for hydroxylation is 2. The van der Waals surface area contributed by atoms with Crippen molar-refractivity contribution in [2.75, 3.05) is 11.9 Å². The van der Waals surface area contributed by atoms with Gasteiger partial charge in [-0.05, 0) is 36.6 Å². The molecule has 0 aliphatic carbocycles. The Bertz CT molecular complexity index is 732. The lowest BCUT2D eigenvalue weighted by atomic mass is 10.1. The number of amides is 1. The van der Waals surface area contributed by atoms with Crippen LogP contribution in [0.4, 0.5) is 5.69 Å². The van der Waals surface area contributed by atoms with Gasteiger partial charge in [0.25, 0.3) is 5.91 Å². The smallest absolute Gasteiger partial charge is 0.338 e. The summed E-state index contributed by atoms with van der Waals surface area (Å²) in [6.07, 6.45) is 2.20. The molecule has 1 aromatic heterocycles. The van der Waals surface area contributed by atoms with Gasteiger partial charge in [-0.25, -0.2) is 9.78 Å². The molecule has 1 amide bonds. The van der Waals surface area contributed by atoms with Gasteiger partial charge in [0.15, 0.2) is 6.61 Å². The number of anilines is 1. The lowest BCUT2D eigenvalue weighted by Gasteiger charge is -2.13. The van der Waals surface area contributed by atoms with Gasteiger partial charge in [-0.2, -0.15) is 0 Å². The van der Waals surface area contributed by atoms with E-state index in [1.807, 2.05) is 32.0 Å². The Morgan fingerprint density at radius 3 is 2.78 bits per heavy atom. The molecule has 23 heavy (non-hydrogen) atoms. The summed E-state index contributed by atoms with van der Waals surface area (Å²) < 4.78 is 4.99. The summed E-state index contributed by atoms with van der Waals surface area (Å²) in [6, 6.07) is 8.67. The van der Waals surface area contributed by atoms with Gasteiger partial charge in [-0.3, -0.25) is 4.79 Å². The molecule has 1 aromatic carbocycles. The topological polar surface area (TPSA) is 68.3 Å². The standard InChI is InChI=1S/C17H17ClN2O3/c1-3-12-6-4-5-11(2)16(12)20-15(21)10-23-17(22)13-7-8-19-14(18)9-13/h4-9H,3,10H2,1-2H3,(H,20,21). The molecule has 0 saturated carbocycles. The number of rotatable bonds is 5. The second kappa shape index (κ2) is 7.74. The van der Waals surface area contributed by atoms with Crippen LogP contribution in [0.25, 0.3) is 0 Å². The van der Waals surface area contributed by atoms with E-state index in [0.717, 1.165) is 23.2 Å². The van der Waals surface area contributed by atoms with E-state index in [4.69, 9.17) is 16.3 Å². The van der Waals surface area contributed by atoms with Crippen LogP contribution in [-0.4, -0.2) is 23.5 Å². The average molecular weight is 333 g/mol. The number of aromatic nitrogens is 1. The number of halogens is 1. The van der Waals surface area contributed by atoms with Crippen molar-refractivity contribution < 1.29 is 14.3 Å². The quantitative estimate of drug-likeness (QED) is 0.673. The van der Waals surface area contributed by atoms with Crippen LogP contribution < -0.4 is 5.32 Å². The maximum absolute atomic E-state index is 12.0. The third-order valence-corrected chi connectivity index (χ3v) is 3.51. The minimum atomic E-state index is -0.620. The minimum Gasteiger partial charge on any atom is -0.452 e. The van der Waals surface area contributed by atoms with Gasteiger partial charge in [0.05, 0.1) is 5.56 Å². The number of hydrogen-bond donors (Lipinski definition) is 1. The fraction of sp³-hybridized carbons (Fsp3) is 0.235. The molecule has 0 aliphatic rings. The Labute approximate surface area is 139 Å². The van der Waals surface area contributed by atoms with E-state index in [1.54, 1.807) is 0 Å². The van der Waals surface area contributed by atoms with Crippen LogP contribution in [0.3, 0.4) is 0 Å². The summed E-state index contributed by atoms with van der Waals surface area (Å²) in [5.41, 5.74) is 3.02. The van der Waals surface area contributed by atoms with Crippen molar-refractivity contribution in [2.24, 2.45) is 0 Å². The summed E-state index contributed by atoms with van der Waals surface area (Å²) in [6.45, 7) is 3.56. The number of nitrogens with one attached hydrogen (secondary N) is 1. The predicted octanol–water partition coefficient (Wildman–Crippen LogP) is 3.40. The molecule has 0 bridgehead atoms. The van der Waals surface area contributed by atoms with Gasteiger partial charge in [0.2, 0.25) is 0 Å². The Hall–Kier alpha value is -2.40. The first-order valence-corrected chi connectivity index (χ1v) is 7.56. The molecule has 0 unspecified atom stereocenters. The summed E-state index contributed by atoms with van der Waals surface area (Å²) >= 11 is 5.71. The Balaban J connectivity index is 1.97. The lowest BCUT2D eigenvalue weighted by Crippen LogP contribution is -2.22. The number of hydrogen-bond acceptors (Lipinski definition) is 4. The maximum Gasteiger partial charge on any atom is 0.338 e. The molecular weight excluding hydrogens is 316 g/mol. The lowest BCUT2D eigenvalue weighted by molar-refractivity contribution is -0.119. The van der Waals surface area contributed by atoms with Crippen LogP contribution >= 0.6 is 11.6 Å². The first-order valence-electron chi connectivity index (χ1n) is 7.18. The Morgan fingerprint density at radius 1 is 1.30 bits per heavy atom. The molecule has 0 radical (unpaired) electrons. The zero-order chi connectivity index (χ0) is 16.8. The van der Waals surface area contributed by atoms with Crippen molar-refractivity contribution >= 4 is 29.2 Å². The van der Waals surface area contributed by atoms with Crippen molar-refractivity contribution in [2.45, 2.75) is 20.3 Å². The van der Waals surface area contributed by atoms with E-state index in [2.05, 4.69) is 10.3 Å². The van der Waals surface area contributed by atoms with Gasteiger partial charge in [0, 0.05) is 11.9 Å². The molecule has 0 atom stereocenters. The molecule has 2 aromatic rings. The zero-order valence-corrected chi connectivity index (χ0v) is 13.7. The van der Waals surface area contributed by atoms with Crippen LogP contribution in [0.5, 0.6) is 0 Å². The number of para-hydroxylation sites is 1. The molecule has 5 nitrogen and oxygen atoms in total. The van der Waals surface area contributed by atoms with Crippen molar-refractivity contribution in [3.05, 3.63) is 58.4 Å².